The van der Waals surface area contributed by atoms with Crippen molar-refractivity contribution in [3.63, 3.8) is 0 Å². The number of carbonyl (C=O) groups is 2. The molecule has 166 valence electrons. The van der Waals surface area contributed by atoms with Gasteiger partial charge < -0.3 is 26.7 Å². The monoisotopic (exact) mass is 434 g/mol. The summed E-state index contributed by atoms with van der Waals surface area (Å²) in [7, 11) is 0. The average molecular weight is 434 g/mol. The zero-order chi connectivity index (χ0) is 23.5. The first kappa shape index (κ1) is 22.7. The van der Waals surface area contributed by atoms with Crippen LogP contribution in [-0.2, 0) is 19.1 Å². The number of nitrogen functional groups attached to an aromatic ring is 2. The molecule has 32 heavy (non-hydrogen) atoms. The van der Waals surface area contributed by atoms with Gasteiger partial charge in [0.2, 0.25) is 5.41 Å². The number of nitrogens with two attached hydrogens (primary N) is 3. The van der Waals surface area contributed by atoms with Crippen LogP contribution in [0.4, 0.5) is 11.4 Å². The summed E-state index contributed by atoms with van der Waals surface area (Å²) in [4.78, 5) is 26.3. The topological polar surface area (TPSA) is 154 Å². The van der Waals surface area contributed by atoms with Gasteiger partial charge >= 0.3 is 11.9 Å². The van der Waals surface area contributed by atoms with Crippen LogP contribution >= 0.6 is 0 Å². The molecule has 2 aromatic rings. The van der Waals surface area contributed by atoms with Crippen molar-refractivity contribution in [2.24, 2.45) is 11.1 Å². The molecule has 8 nitrogen and oxygen atoms in total. The first-order valence-corrected chi connectivity index (χ1v) is 10.3. The maximum atomic E-state index is 13.3. The van der Waals surface area contributed by atoms with Crippen LogP contribution in [0.3, 0.4) is 0 Å². The summed E-state index contributed by atoms with van der Waals surface area (Å²) in [5, 5.41) is 10.3. The minimum Gasteiger partial charge on any atom is -0.464 e. The Hall–Kier alpha value is -3.99. The van der Waals surface area contributed by atoms with E-state index in [1.807, 2.05) is 0 Å². The molecule has 0 unspecified atom stereocenters. The van der Waals surface area contributed by atoms with E-state index in [0.717, 1.165) is 0 Å². The molecule has 0 aliphatic heterocycles. The van der Waals surface area contributed by atoms with Gasteiger partial charge in [-0.3, -0.25) is 0 Å². The molecular weight excluding hydrogens is 408 g/mol. The predicted molar refractivity (Wildman–Crippen MR) is 120 cm³/mol. The fraction of sp³-hybridized carbons (Fsp3) is 0.292. The van der Waals surface area contributed by atoms with Crippen molar-refractivity contribution in [2.75, 3.05) is 24.7 Å². The summed E-state index contributed by atoms with van der Waals surface area (Å²) in [6, 6.07) is 15.7. The smallest absolute Gasteiger partial charge is 0.336 e. The normalized spacial score (nSPS) is 22.3. The number of nitrogens with zero attached hydrogens (tertiary/aromatic N) is 1. The molecule has 6 N–H and O–H groups in total. The Morgan fingerprint density at radius 3 is 1.88 bits per heavy atom. The third-order valence-corrected chi connectivity index (χ3v) is 5.69. The minimum atomic E-state index is -1.93. The van der Waals surface area contributed by atoms with Crippen molar-refractivity contribution in [1.82, 2.24) is 0 Å². The van der Waals surface area contributed by atoms with Crippen LogP contribution in [0.1, 0.15) is 36.8 Å². The van der Waals surface area contributed by atoms with Gasteiger partial charge in [-0.1, -0.05) is 24.3 Å². The van der Waals surface area contributed by atoms with Gasteiger partial charge in [-0.2, -0.15) is 5.26 Å². The highest BCUT2D eigenvalue weighted by Gasteiger charge is 2.62. The molecule has 1 aliphatic carbocycles. The number of rotatable bonds is 6. The molecule has 0 radical (unpaired) electrons. The largest absolute Gasteiger partial charge is 0.464 e. The maximum absolute atomic E-state index is 13.3. The number of ether oxygens (including phenoxy) is 2. The molecule has 0 aromatic heterocycles. The summed E-state index contributed by atoms with van der Waals surface area (Å²) in [5.41, 5.74) is 18.4. The molecule has 3 rings (SSSR count). The van der Waals surface area contributed by atoms with Gasteiger partial charge in [-0.25, -0.2) is 9.59 Å². The number of hydrogen-bond acceptors (Lipinski definition) is 8. The average Bonchev–Trinajstić information content (AvgIpc) is 3.04. The number of carbonyl (C=O) groups excluding carboxylic acids is 2. The number of hydrogen-bond donors (Lipinski definition) is 3. The van der Waals surface area contributed by atoms with Crippen molar-refractivity contribution in [1.29, 1.82) is 5.26 Å². The molecular formula is C24H26N4O4. The van der Waals surface area contributed by atoms with Gasteiger partial charge in [0, 0.05) is 23.2 Å². The SMILES string of the molecule is CCOC(=O)C1=C(N)[C@@](C#N)(C(=O)OCC)[C@H](c2ccc(N)cc2)[C@H]1c1ccc(N)cc1. The van der Waals surface area contributed by atoms with Gasteiger partial charge in [0.05, 0.1) is 30.6 Å². The van der Waals surface area contributed by atoms with Crippen LogP contribution < -0.4 is 17.2 Å². The minimum absolute atomic E-state index is 0.0469. The fourth-order valence-corrected chi connectivity index (χ4v) is 4.28. The van der Waals surface area contributed by atoms with E-state index in [4.69, 9.17) is 26.7 Å². The van der Waals surface area contributed by atoms with Gasteiger partial charge in [0.1, 0.15) is 0 Å². The molecule has 0 heterocycles. The fourth-order valence-electron chi connectivity index (χ4n) is 4.28. The summed E-state index contributed by atoms with van der Waals surface area (Å²) in [6.07, 6.45) is 0. The Kier molecular flexibility index (Phi) is 6.40. The maximum Gasteiger partial charge on any atom is 0.336 e. The van der Waals surface area contributed by atoms with Crippen LogP contribution in [0.2, 0.25) is 0 Å². The van der Waals surface area contributed by atoms with E-state index >= 15 is 0 Å². The molecule has 8 heteroatoms. The lowest BCUT2D eigenvalue weighted by Crippen LogP contribution is -2.40. The zero-order valence-electron chi connectivity index (χ0n) is 18.0. The van der Waals surface area contributed by atoms with E-state index in [1.165, 1.54) is 0 Å². The lowest BCUT2D eigenvalue weighted by atomic mass is 9.68. The molecule has 0 spiro atoms. The Bertz CT molecular complexity index is 1090. The summed E-state index contributed by atoms with van der Waals surface area (Å²) < 4.78 is 10.6. The van der Waals surface area contributed by atoms with Crippen LogP contribution in [0.5, 0.6) is 0 Å². The number of esters is 2. The van der Waals surface area contributed by atoms with E-state index in [2.05, 4.69) is 6.07 Å². The van der Waals surface area contributed by atoms with Gasteiger partial charge in [0.25, 0.3) is 0 Å². The van der Waals surface area contributed by atoms with E-state index in [-0.39, 0.29) is 24.5 Å². The summed E-state index contributed by atoms with van der Waals surface area (Å²) >= 11 is 0. The highest BCUT2D eigenvalue weighted by atomic mass is 16.5. The van der Waals surface area contributed by atoms with E-state index < -0.39 is 29.2 Å². The quantitative estimate of drug-likeness (QED) is 0.463. The van der Waals surface area contributed by atoms with Crippen molar-refractivity contribution in [3.8, 4) is 6.07 Å². The van der Waals surface area contributed by atoms with Crippen LogP contribution in [0, 0.1) is 16.7 Å². The standard InChI is InChI=1S/C24H26N4O4/c1-3-31-22(29)19-18(14-5-9-16(26)10-6-14)20(15-7-11-17(27)12-8-15)24(13-25,21(19)28)23(30)32-4-2/h5-12,18,20H,3-4,26-28H2,1-2H3/t18-,20+,24-/m0/s1. The highest BCUT2D eigenvalue weighted by Crippen LogP contribution is 2.59. The lowest BCUT2D eigenvalue weighted by molar-refractivity contribution is -0.151. The molecule has 2 aromatic carbocycles. The molecule has 0 saturated carbocycles. The summed E-state index contributed by atoms with van der Waals surface area (Å²) in [5.74, 6) is -3.10. The number of nitriles is 1. The first-order valence-electron chi connectivity index (χ1n) is 10.3. The van der Waals surface area contributed by atoms with Crippen molar-refractivity contribution in [2.45, 2.75) is 25.7 Å². The molecule has 0 amide bonds. The second-order valence-corrected chi connectivity index (χ2v) is 7.48. The molecule has 3 atom stereocenters. The Labute approximate surface area is 186 Å². The van der Waals surface area contributed by atoms with E-state index in [0.29, 0.717) is 22.5 Å². The van der Waals surface area contributed by atoms with Crippen LogP contribution in [0.15, 0.2) is 59.8 Å². The van der Waals surface area contributed by atoms with Crippen molar-refractivity contribution in [3.05, 3.63) is 70.9 Å². The lowest BCUT2D eigenvalue weighted by Gasteiger charge is -2.32. The zero-order valence-corrected chi connectivity index (χ0v) is 18.0. The second kappa shape index (κ2) is 9.02. The second-order valence-electron chi connectivity index (χ2n) is 7.48. The van der Waals surface area contributed by atoms with Crippen molar-refractivity contribution >= 4 is 23.3 Å². The third-order valence-electron chi connectivity index (χ3n) is 5.69. The Morgan fingerprint density at radius 2 is 1.41 bits per heavy atom. The molecule has 0 saturated heterocycles. The highest BCUT2D eigenvalue weighted by molar-refractivity contribution is 5.98. The number of anilines is 2. The predicted octanol–water partition coefficient (Wildman–Crippen LogP) is 2.58. The Balaban J connectivity index is 2.36. The van der Waals surface area contributed by atoms with Crippen molar-refractivity contribution < 1.29 is 19.1 Å². The molecule has 0 fully saturated rings. The van der Waals surface area contributed by atoms with Gasteiger partial charge in [-0.15, -0.1) is 0 Å². The third kappa shape index (κ3) is 3.62. The molecule has 1 aliphatic rings. The Morgan fingerprint density at radius 1 is 0.906 bits per heavy atom. The van der Waals surface area contributed by atoms with Gasteiger partial charge in [0.15, 0.2) is 0 Å². The summed E-state index contributed by atoms with van der Waals surface area (Å²) in [6.45, 7) is 3.46. The van der Waals surface area contributed by atoms with E-state index in [9.17, 15) is 14.9 Å². The van der Waals surface area contributed by atoms with E-state index in [1.54, 1.807) is 62.4 Å². The number of benzene rings is 2. The first-order chi connectivity index (χ1) is 15.3. The molecule has 0 bridgehead atoms. The van der Waals surface area contributed by atoms with Crippen LogP contribution in [-0.4, -0.2) is 25.2 Å². The van der Waals surface area contributed by atoms with Gasteiger partial charge in [-0.05, 0) is 49.2 Å². The van der Waals surface area contributed by atoms with Crippen LogP contribution in [0.25, 0.3) is 0 Å².